The topological polar surface area (TPSA) is 59.1 Å². The van der Waals surface area contributed by atoms with Gasteiger partial charge in [-0.2, -0.15) is 4.31 Å². The standard InChI is InChI=1S/C33H52N2O4SSi/c1-6-30-23-32(35(40(2,36)37)26-38-21-22-41(3,4)5)33(34(30)24-27-13-9-7-10-14-27)25-39-31-19-17-29(18-20-31)28-15-11-8-12-16-28/h7-16,29-33H,6,17-26H2,1-5H3/t29-,30-,31+,32+,33+/m1/s1. The summed E-state index contributed by atoms with van der Waals surface area (Å²) in [7, 11) is -4.74. The first-order valence-corrected chi connectivity index (χ1v) is 21.1. The van der Waals surface area contributed by atoms with Crippen LogP contribution in [0.1, 0.15) is 62.5 Å². The lowest BCUT2D eigenvalue weighted by atomic mass is 9.83. The van der Waals surface area contributed by atoms with Gasteiger partial charge in [-0.05, 0) is 61.6 Å². The summed E-state index contributed by atoms with van der Waals surface area (Å²) in [6.45, 7) is 11.2. The molecule has 4 rings (SSSR count). The van der Waals surface area contributed by atoms with Gasteiger partial charge in [-0.1, -0.05) is 87.2 Å². The van der Waals surface area contributed by atoms with Crippen molar-refractivity contribution in [2.75, 3.05) is 26.2 Å². The van der Waals surface area contributed by atoms with Crippen LogP contribution in [0.25, 0.3) is 0 Å². The lowest BCUT2D eigenvalue weighted by molar-refractivity contribution is -0.0251. The lowest BCUT2D eigenvalue weighted by Crippen LogP contribution is -2.51. The summed E-state index contributed by atoms with van der Waals surface area (Å²) in [4.78, 5) is 2.51. The molecule has 2 fully saturated rings. The minimum absolute atomic E-state index is 0.0256. The molecule has 228 valence electrons. The second kappa shape index (κ2) is 14.8. The van der Waals surface area contributed by atoms with Crippen molar-refractivity contribution in [1.82, 2.24) is 9.21 Å². The number of rotatable bonds is 14. The van der Waals surface area contributed by atoms with Gasteiger partial charge in [0.25, 0.3) is 0 Å². The van der Waals surface area contributed by atoms with Crippen LogP contribution >= 0.6 is 0 Å². The van der Waals surface area contributed by atoms with Gasteiger partial charge >= 0.3 is 0 Å². The van der Waals surface area contributed by atoms with Gasteiger partial charge in [0, 0.05) is 33.3 Å². The van der Waals surface area contributed by atoms with Crippen molar-refractivity contribution in [2.24, 2.45) is 0 Å². The number of benzene rings is 2. The highest BCUT2D eigenvalue weighted by atomic mass is 32.2. The van der Waals surface area contributed by atoms with E-state index in [-0.39, 0.29) is 31.0 Å². The predicted molar refractivity (Wildman–Crippen MR) is 171 cm³/mol. The van der Waals surface area contributed by atoms with Crippen molar-refractivity contribution in [3.8, 4) is 0 Å². The van der Waals surface area contributed by atoms with E-state index in [0.717, 1.165) is 51.1 Å². The molecule has 0 unspecified atom stereocenters. The molecular formula is C33H52N2O4SSi. The molecule has 0 aromatic heterocycles. The maximum absolute atomic E-state index is 13.2. The Bertz CT molecular complexity index is 1150. The zero-order valence-electron chi connectivity index (χ0n) is 25.9. The van der Waals surface area contributed by atoms with Crippen molar-refractivity contribution in [1.29, 1.82) is 0 Å². The number of ether oxygens (including phenoxy) is 2. The van der Waals surface area contributed by atoms with Gasteiger partial charge in [0.2, 0.25) is 10.0 Å². The fourth-order valence-corrected chi connectivity index (χ4v) is 8.26. The van der Waals surface area contributed by atoms with E-state index in [4.69, 9.17) is 9.47 Å². The Hall–Kier alpha value is -1.55. The third-order valence-electron chi connectivity index (χ3n) is 8.99. The molecule has 1 saturated heterocycles. The molecule has 0 N–H and O–H groups in total. The van der Waals surface area contributed by atoms with Crippen molar-refractivity contribution in [3.63, 3.8) is 0 Å². The Morgan fingerprint density at radius 3 is 2.17 bits per heavy atom. The van der Waals surface area contributed by atoms with Crippen LogP contribution in [0.15, 0.2) is 60.7 Å². The van der Waals surface area contributed by atoms with E-state index in [0.29, 0.717) is 19.1 Å². The maximum Gasteiger partial charge on any atom is 0.213 e. The Morgan fingerprint density at radius 1 is 0.951 bits per heavy atom. The highest BCUT2D eigenvalue weighted by Gasteiger charge is 2.46. The molecule has 2 aromatic carbocycles. The number of hydrogen-bond acceptors (Lipinski definition) is 5. The predicted octanol–water partition coefficient (Wildman–Crippen LogP) is 6.73. The van der Waals surface area contributed by atoms with Crippen molar-refractivity contribution < 1.29 is 17.9 Å². The maximum atomic E-state index is 13.2. The molecule has 0 bridgehead atoms. The van der Waals surface area contributed by atoms with Crippen LogP contribution in [0.2, 0.25) is 25.7 Å². The summed E-state index contributed by atoms with van der Waals surface area (Å²) in [5.74, 6) is 0.600. The summed E-state index contributed by atoms with van der Waals surface area (Å²) in [6.07, 6.45) is 7.67. The van der Waals surface area contributed by atoms with E-state index in [2.05, 4.69) is 86.1 Å². The minimum Gasteiger partial charge on any atom is -0.377 e. The summed E-state index contributed by atoms with van der Waals surface area (Å²) in [6, 6.07) is 22.5. The van der Waals surface area contributed by atoms with Gasteiger partial charge < -0.3 is 9.47 Å². The lowest BCUT2D eigenvalue weighted by Gasteiger charge is -2.36. The molecule has 0 spiro atoms. The van der Waals surface area contributed by atoms with E-state index >= 15 is 0 Å². The van der Waals surface area contributed by atoms with Gasteiger partial charge in [-0.15, -0.1) is 0 Å². The van der Waals surface area contributed by atoms with Crippen molar-refractivity contribution in [2.45, 2.75) is 108 Å². The first kappa shape index (κ1) is 32.4. The Labute approximate surface area is 250 Å². The smallest absolute Gasteiger partial charge is 0.213 e. The zero-order valence-corrected chi connectivity index (χ0v) is 27.7. The van der Waals surface area contributed by atoms with Crippen LogP contribution in [-0.4, -0.2) is 76.1 Å². The Morgan fingerprint density at radius 2 is 1.59 bits per heavy atom. The fraction of sp³-hybridized carbons (Fsp3) is 0.636. The highest BCUT2D eigenvalue weighted by molar-refractivity contribution is 7.88. The molecule has 0 amide bonds. The summed E-state index contributed by atoms with van der Waals surface area (Å²) in [5, 5.41) is 0. The van der Waals surface area contributed by atoms with Gasteiger partial charge in [0.05, 0.1) is 25.0 Å². The summed E-state index contributed by atoms with van der Waals surface area (Å²) < 4.78 is 40.7. The SMILES string of the molecule is CC[C@@H]1C[C@H](N(COCC[Si](C)(C)C)S(C)(=O)=O)[C@H](CO[C@H]2CC[C@@H](c3ccccc3)CC2)N1Cc1ccccc1. The molecule has 0 radical (unpaired) electrons. The van der Waals surface area contributed by atoms with Gasteiger partial charge in [0.1, 0.15) is 6.73 Å². The monoisotopic (exact) mass is 600 g/mol. The third-order valence-corrected chi connectivity index (χ3v) is 11.9. The number of hydrogen-bond donors (Lipinski definition) is 0. The summed E-state index contributed by atoms with van der Waals surface area (Å²) in [5.41, 5.74) is 2.68. The van der Waals surface area contributed by atoms with Crippen LogP contribution in [0.4, 0.5) is 0 Å². The molecular weight excluding hydrogens is 549 g/mol. The Kier molecular flexibility index (Phi) is 11.6. The first-order valence-electron chi connectivity index (χ1n) is 15.6. The van der Waals surface area contributed by atoms with Crippen LogP contribution in [0.3, 0.4) is 0 Å². The first-order chi connectivity index (χ1) is 19.5. The van der Waals surface area contributed by atoms with Crippen LogP contribution < -0.4 is 0 Å². The normalized spacial score (nSPS) is 26.0. The number of sulfonamides is 1. The largest absolute Gasteiger partial charge is 0.377 e. The average molecular weight is 601 g/mol. The van der Waals surface area contributed by atoms with E-state index in [1.165, 1.54) is 17.4 Å². The molecule has 6 nitrogen and oxygen atoms in total. The molecule has 2 aromatic rings. The summed E-state index contributed by atoms with van der Waals surface area (Å²) >= 11 is 0. The van der Waals surface area contributed by atoms with Crippen LogP contribution in [0.5, 0.6) is 0 Å². The van der Waals surface area contributed by atoms with Crippen molar-refractivity contribution in [3.05, 3.63) is 71.8 Å². The van der Waals surface area contributed by atoms with Crippen LogP contribution in [-0.2, 0) is 26.0 Å². The highest BCUT2D eigenvalue weighted by Crippen LogP contribution is 2.36. The second-order valence-electron chi connectivity index (χ2n) is 13.3. The van der Waals surface area contributed by atoms with E-state index in [1.54, 1.807) is 4.31 Å². The van der Waals surface area contributed by atoms with E-state index in [1.807, 2.05) is 6.07 Å². The second-order valence-corrected chi connectivity index (χ2v) is 20.9. The number of likely N-dealkylation sites (tertiary alicyclic amines) is 1. The van der Waals surface area contributed by atoms with Gasteiger partial charge in [-0.25, -0.2) is 8.42 Å². The molecule has 2 aliphatic rings. The van der Waals surface area contributed by atoms with Gasteiger partial charge in [0.15, 0.2) is 0 Å². The molecule has 3 atom stereocenters. The van der Waals surface area contributed by atoms with Gasteiger partial charge in [-0.3, -0.25) is 4.90 Å². The van der Waals surface area contributed by atoms with Crippen LogP contribution in [0, 0.1) is 0 Å². The molecule has 8 heteroatoms. The third kappa shape index (κ3) is 9.47. The zero-order chi connectivity index (χ0) is 29.5. The Balaban J connectivity index is 1.48. The molecule has 1 saturated carbocycles. The fourth-order valence-electron chi connectivity index (χ4n) is 6.51. The quantitative estimate of drug-likeness (QED) is 0.137. The molecule has 1 aliphatic carbocycles. The molecule has 41 heavy (non-hydrogen) atoms. The average Bonchev–Trinajstić information content (AvgIpc) is 3.28. The molecule has 1 heterocycles. The minimum atomic E-state index is -3.47. The van der Waals surface area contributed by atoms with E-state index < -0.39 is 18.1 Å². The van der Waals surface area contributed by atoms with Crippen molar-refractivity contribution >= 4 is 18.1 Å². The molecule has 1 aliphatic heterocycles. The van der Waals surface area contributed by atoms with E-state index in [9.17, 15) is 8.42 Å². The number of nitrogens with zero attached hydrogens (tertiary/aromatic N) is 2.